The number of hydrogen-bond donors (Lipinski definition) is 7. The zero-order chi connectivity index (χ0) is 45.4. The number of fused-ring (bicyclic) bond motifs is 6. The molecule has 8 N–H and O–H groups in total. The van der Waals surface area contributed by atoms with Gasteiger partial charge < -0.3 is 50.6 Å². The number of aliphatic hydroxyl groups excluding tert-OH is 1. The van der Waals surface area contributed by atoms with E-state index < -0.39 is 63.4 Å². The van der Waals surface area contributed by atoms with E-state index in [9.17, 15) is 29.7 Å². The summed E-state index contributed by atoms with van der Waals surface area (Å²) >= 11 is 0. The molecule has 9 rings (SSSR count). The zero-order valence-corrected chi connectivity index (χ0v) is 36.7. The van der Waals surface area contributed by atoms with E-state index in [2.05, 4.69) is 26.9 Å². The number of nitrogens with one attached hydrogen (secondary N) is 1. The van der Waals surface area contributed by atoms with Crippen molar-refractivity contribution in [3.8, 4) is 5.75 Å². The number of carbonyl (C=O) groups excluding carboxylic acids is 2. The highest BCUT2D eigenvalue weighted by molar-refractivity contribution is 5.95. The van der Waals surface area contributed by atoms with Gasteiger partial charge in [0.15, 0.2) is 5.60 Å². The van der Waals surface area contributed by atoms with Crippen molar-refractivity contribution in [2.45, 2.75) is 105 Å². The van der Waals surface area contributed by atoms with Crippen molar-refractivity contribution >= 4 is 40.4 Å². The van der Waals surface area contributed by atoms with Gasteiger partial charge in [0.1, 0.15) is 17.3 Å². The molecule has 5 aliphatic heterocycles. The van der Waals surface area contributed by atoms with Crippen LogP contribution in [0.2, 0.25) is 0 Å². The van der Waals surface area contributed by atoms with E-state index in [1.54, 1.807) is 7.11 Å². The Labute approximate surface area is 366 Å². The quantitative estimate of drug-likeness (QED) is 0.121. The van der Waals surface area contributed by atoms with Gasteiger partial charge in [-0.3, -0.25) is 29.0 Å². The Morgan fingerprint density at radius 1 is 0.952 bits per heavy atom. The highest BCUT2D eigenvalue weighted by Crippen LogP contribution is 2.67. The smallest absolute Gasteiger partial charge is 0.322 e. The molecule has 2 bridgehead atoms. The van der Waals surface area contributed by atoms with E-state index in [1.165, 1.54) is 7.11 Å². The standard InChI is InChI=1S/C43H55N5O7.C4H6O4/c1-6-39(52)21-25-22-42(38(51)55-5,33-27(13-17-47(23-25)24-39)26-11-8-9-12-30(26)45-33)29-19-28-31(20-32(29)54-4)46(3)35-41(28)15-18-48-16-10-14-40(7-2,34(41)48)36(49)43(35,53)37(44)50;5-3(6)1-2-4(7)8/h8-12,14,19-20,25,34-36,45,49,52-53H,6-7,13,15-18,21-24H2,1-5H3,(H2,44,50);1-2H2,(H,5,6)(H,7,8)/t25-,34+,35-,36-,39+,40-,41-,42+,43+;/m1./s1. The van der Waals surface area contributed by atoms with E-state index >= 15 is 4.79 Å². The van der Waals surface area contributed by atoms with Gasteiger partial charge in [-0.2, -0.15) is 0 Å². The number of aliphatic hydroxyl groups is 3. The second-order valence-electron chi connectivity index (χ2n) is 18.8. The third kappa shape index (κ3) is 6.41. The van der Waals surface area contributed by atoms with Crippen molar-refractivity contribution < 1.29 is 54.2 Å². The fraction of sp³-hybridized carbons (Fsp3) is 0.574. The molecule has 0 unspecified atom stereocenters. The summed E-state index contributed by atoms with van der Waals surface area (Å²) < 4.78 is 12.2. The Balaban J connectivity index is 0.000000622. The molecule has 1 spiro atoms. The molecule has 2 aromatic carbocycles. The lowest BCUT2D eigenvalue weighted by molar-refractivity contribution is -0.201. The maximum atomic E-state index is 15.2. The summed E-state index contributed by atoms with van der Waals surface area (Å²) in [7, 11) is 4.89. The highest BCUT2D eigenvalue weighted by atomic mass is 16.5. The number of carbonyl (C=O) groups is 4. The fourth-order valence-corrected chi connectivity index (χ4v) is 13.3. The summed E-state index contributed by atoms with van der Waals surface area (Å²) in [6.45, 7) is 7.39. The number of piperidine rings is 1. The Morgan fingerprint density at radius 2 is 1.67 bits per heavy atom. The first kappa shape index (κ1) is 44.6. The largest absolute Gasteiger partial charge is 0.496 e. The molecule has 1 aromatic heterocycles. The molecule has 16 heteroatoms. The number of para-hydroxylation sites is 1. The first-order valence-electron chi connectivity index (χ1n) is 22.1. The summed E-state index contributed by atoms with van der Waals surface area (Å²) in [5.41, 5.74) is 4.72. The number of nitrogens with zero attached hydrogens (tertiary/aromatic N) is 3. The average molecular weight is 872 g/mol. The van der Waals surface area contributed by atoms with E-state index in [4.69, 9.17) is 25.4 Å². The minimum Gasteiger partial charge on any atom is -0.496 e. The van der Waals surface area contributed by atoms with Crippen molar-refractivity contribution in [3.63, 3.8) is 0 Å². The number of H-pyrrole nitrogens is 1. The zero-order valence-electron chi connectivity index (χ0n) is 36.7. The summed E-state index contributed by atoms with van der Waals surface area (Å²) in [6, 6.07) is 11.0. The molecule has 6 aliphatic rings. The average Bonchev–Trinajstić information content (AvgIpc) is 3.93. The van der Waals surface area contributed by atoms with Crippen LogP contribution in [0, 0.1) is 11.3 Å². The van der Waals surface area contributed by atoms with Crippen molar-refractivity contribution in [2.75, 3.05) is 58.9 Å². The van der Waals surface area contributed by atoms with E-state index in [1.807, 2.05) is 62.2 Å². The fourth-order valence-electron chi connectivity index (χ4n) is 13.3. The SMILES string of the molecule is CC[C@]1(O)C[C@H]2C[N@](CCc3c([nH]c4ccccc34)[C@@](C(=O)OC)(c3cc4c(cc3OC)N(C)[C@H]3[C@@](O)(C(N)=O)[C@H](O)[C@]5(CC)C=CCN6CC[C@]43[C@@H]65)C2)C1.O=C(O)CCC(=O)O. The molecule has 63 heavy (non-hydrogen) atoms. The summed E-state index contributed by atoms with van der Waals surface area (Å²) in [5, 5.41) is 53.8. The van der Waals surface area contributed by atoms with Crippen molar-refractivity contribution in [3.05, 3.63) is 70.9 Å². The summed E-state index contributed by atoms with van der Waals surface area (Å²) in [6.07, 6.45) is 5.19. The van der Waals surface area contributed by atoms with E-state index in [0.717, 1.165) is 46.5 Å². The Kier molecular flexibility index (Phi) is 11.3. The van der Waals surface area contributed by atoms with Crippen LogP contribution in [0.5, 0.6) is 5.75 Å². The number of ether oxygens (including phenoxy) is 2. The first-order valence-corrected chi connectivity index (χ1v) is 22.1. The second kappa shape index (κ2) is 15.9. The topological polar surface area (TPSA) is 239 Å². The van der Waals surface area contributed by atoms with Crippen LogP contribution in [0.1, 0.15) is 81.2 Å². The predicted octanol–water partition coefficient (Wildman–Crippen LogP) is 2.67. The van der Waals surface area contributed by atoms with Gasteiger partial charge in [-0.1, -0.05) is 44.2 Å². The third-order valence-electron chi connectivity index (χ3n) is 15.8. The lowest BCUT2D eigenvalue weighted by Crippen LogP contribution is -2.81. The number of primary amides is 1. The maximum absolute atomic E-state index is 15.2. The number of nitrogens with two attached hydrogens (primary N) is 1. The molecule has 10 atom stereocenters. The second-order valence-corrected chi connectivity index (χ2v) is 18.8. The number of benzene rings is 2. The lowest BCUT2D eigenvalue weighted by Gasteiger charge is -2.63. The van der Waals surface area contributed by atoms with Gasteiger partial charge in [-0.05, 0) is 74.2 Å². The number of hydrogen-bond acceptors (Lipinski definition) is 12. The number of aromatic nitrogens is 1. The van der Waals surface area contributed by atoms with Crippen molar-refractivity contribution in [1.29, 1.82) is 0 Å². The molecule has 1 saturated carbocycles. The number of likely N-dealkylation sites (N-methyl/N-ethyl adjacent to an activating group) is 1. The highest BCUT2D eigenvalue weighted by Gasteiger charge is 2.78. The van der Waals surface area contributed by atoms with Crippen LogP contribution in [0.4, 0.5) is 5.69 Å². The van der Waals surface area contributed by atoms with Crippen LogP contribution in [-0.2, 0) is 41.2 Å². The molecule has 3 fully saturated rings. The molecule has 16 nitrogen and oxygen atoms in total. The van der Waals surface area contributed by atoms with Crippen LogP contribution < -0.4 is 15.4 Å². The molecule has 340 valence electrons. The van der Waals surface area contributed by atoms with Crippen molar-refractivity contribution in [1.82, 2.24) is 14.8 Å². The molecule has 1 aliphatic carbocycles. The molecule has 0 radical (unpaired) electrons. The van der Waals surface area contributed by atoms with Gasteiger partial charge in [0.05, 0.1) is 38.7 Å². The normalized spacial score (nSPS) is 35.1. The number of aliphatic carboxylic acids is 2. The van der Waals surface area contributed by atoms with Crippen LogP contribution in [0.15, 0.2) is 48.6 Å². The number of anilines is 1. The number of rotatable bonds is 9. The van der Waals surface area contributed by atoms with Crippen LogP contribution in [0.25, 0.3) is 10.9 Å². The van der Waals surface area contributed by atoms with Crippen LogP contribution in [0.3, 0.4) is 0 Å². The minimum absolute atomic E-state index is 0.0790. The maximum Gasteiger partial charge on any atom is 0.322 e. The van der Waals surface area contributed by atoms with Gasteiger partial charge in [-0.15, -0.1) is 0 Å². The monoisotopic (exact) mass is 871 g/mol. The minimum atomic E-state index is -2.30. The van der Waals surface area contributed by atoms with E-state index in [-0.39, 0.29) is 24.8 Å². The lowest BCUT2D eigenvalue weighted by atomic mass is 9.47. The summed E-state index contributed by atoms with van der Waals surface area (Å²) in [4.78, 5) is 58.5. The number of aromatic amines is 1. The van der Waals surface area contributed by atoms with Gasteiger partial charge in [0.25, 0.3) is 5.91 Å². The third-order valence-corrected chi connectivity index (χ3v) is 15.8. The predicted molar refractivity (Wildman–Crippen MR) is 233 cm³/mol. The van der Waals surface area contributed by atoms with E-state index in [0.29, 0.717) is 69.5 Å². The number of esters is 1. The number of amides is 1. The van der Waals surface area contributed by atoms with Gasteiger partial charge in [0, 0.05) is 84.0 Å². The molecule has 1 amide bonds. The summed E-state index contributed by atoms with van der Waals surface area (Å²) in [5.74, 6) is -3.15. The first-order chi connectivity index (χ1) is 29.9. The number of carboxylic acid groups (broad SMARTS) is 2. The Hall–Kier alpha value is -5.00. The van der Waals surface area contributed by atoms with Crippen LogP contribution >= 0.6 is 0 Å². The molecular formula is C47H61N5O11. The molecule has 3 aromatic rings. The number of methoxy groups -OCH3 is 2. The van der Waals surface area contributed by atoms with Gasteiger partial charge in [-0.25, -0.2) is 0 Å². The Morgan fingerprint density at radius 3 is 2.30 bits per heavy atom. The number of carboxylic acids is 2. The van der Waals surface area contributed by atoms with Gasteiger partial charge >= 0.3 is 17.9 Å². The molecule has 6 heterocycles. The molecular weight excluding hydrogens is 811 g/mol. The van der Waals surface area contributed by atoms with Crippen molar-refractivity contribution in [2.24, 2.45) is 17.1 Å². The molecule has 2 saturated heterocycles. The van der Waals surface area contributed by atoms with Gasteiger partial charge in [0.2, 0.25) is 0 Å². The van der Waals surface area contributed by atoms with Crippen LogP contribution in [-0.4, -0.2) is 148 Å². The Bertz CT molecular complexity index is 2350.